The fourth-order valence-corrected chi connectivity index (χ4v) is 5.21. The number of amides is 1. The van der Waals surface area contributed by atoms with Gasteiger partial charge in [-0.25, -0.2) is 12.7 Å². The van der Waals surface area contributed by atoms with Gasteiger partial charge in [0.15, 0.2) is 0 Å². The maximum absolute atomic E-state index is 12.7. The van der Waals surface area contributed by atoms with Crippen LogP contribution in [0.5, 0.6) is 5.75 Å². The molecule has 0 unspecified atom stereocenters. The van der Waals surface area contributed by atoms with Crippen molar-refractivity contribution in [2.45, 2.75) is 25.5 Å². The Morgan fingerprint density at radius 2 is 1.87 bits per heavy atom. The third kappa shape index (κ3) is 6.45. The number of carbonyl (C=O) groups excluding carboxylic acids is 1. The van der Waals surface area contributed by atoms with E-state index in [9.17, 15) is 13.2 Å². The number of benzene rings is 2. The van der Waals surface area contributed by atoms with E-state index in [4.69, 9.17) is 16.3 Å². The molecule has 1 saturated heterocycles. The van der Waals surface area contributed by atoms with Gasteiger partial charge in [0.05, 0.1) is 12.3 Å². The molecule has 6 nitrogen and oxygen atoms in total. The second kappa shape index (κ2) is 10.3. The van der Waals surface area contributed by atoms with Crippen LogP contribution in [-0.4, -0.2) is 44.9 Å². The number of carbonyl (C=O) groups is 1. The van der Waals surface area contributed by atoms with Gasteiger partial charge in [-0.2, -0.15) is 0 Å². The minimum Gasteiger partial charge on any atom is -0.492 e. The number of hydrogen-bond acceptors (Lipinski definition) is 4. The lowest BCUT2D eigenvalue weighted by atomic mass is 9.97. The van der Waals surface area contributed by atoms with Crippen LogP contribution in [-0.2, 0) is 20.6 Å². The van der Waals surface area contributed by atoms with E-state index in [-0.39, 0.29) is 17.6 Å². The van der Waals surface area contributed by atoms with Crippen molar-refractivity contribution in [2.75, 3.05) is 26.2 Å². The SMILES string of the molecule is Cc1ccc(OCCNC(=O)C2CCN(S(=O)(=O)Cc3cccc(Cl)c3)CC2)cc1. The smallest absolute Gasteiger partial charge is 0.223 e. The van der Waals surface area contributed by atoms with Crippen molar-refractivity contribution in [1.29, 1.82) is 0 Å². The largest absolute Gasteiger partial charge is 0.492 e. The van der Waals surface area contributed by atoms with Crippen LogP contribution in [0.3, 0.4) is 0 Å². The molecular weight excluding hydrogens is 424 g/mol. The molecule has 2 aromatic carbocycles. The Kier molecular flexibility index (Phi) is 7.75. The Hall–Kier alpha value is -2.09. The normalized spacial score (nSPS) is 15.7. The van der Waals surface area contributed by atoms with Crippen LogP contribution in [0.4, 0.5) is 0 Å². The first kappa shape index (κ1) is 22.6. The molecule has 1 fully saturated rings. The van der Waals surface area contributed by atoms with Gasteiger partial charge in [0.2, 0.25) is 15.9 Å². The summed E-state index contributed by atoms with van der Waals surface area (Å²) in [7, 11) is -3.43. The Morgan fingerprint density at radius 1 is 1.17 bits per heavy atom. The Bertz CT molecular complexity index is 955. The maximum atomic E-state index is 12.7. The molecule has 0 aliphatic carbocycles. The second-order valence-corrected chi connectivity index (χ2v) is 9.92. The van der Waals surface area contributed by atoms with Crippen LogP contribution in [0.15, 0.2) is 48.5 Å². The third-order valence-corrected chi connectivity index (χ3v) is 7.23. The van der Waals surface area contributed by atoms with Crippen LogP contribution in [0.25, 0.3) is 0 Å². The molecule has 0 spiro atoms. The number of sulfonamides is 1. The van der Waals surface area contributed by atoms with Gasteiger partial charge in [0.1, 0.15) is 12.4 Å². The molecule has 0 atom stereocenters. The first-order valence-corrected chi connectivity index (χ1v) is 12.0. The van der Waals surface area contributed by atoms with E-state index in [1.54, 1.807) is 24.3 Å². The number of rotatable bonds is 8. The van der Waals surface area contributed by atoms with Gasteiger partial charge in [-0.1, -0.05) is 41.4 Å². The predicted octanol–water partition coefficient (Wildman–Crippen LogP) is 3.39. The van der Waals surface area contributed by atoms with Gasteiger partial charge in [-0.05, 0) is 49.6 Å². The Morgan fingerprint density at radius 3 is 2.53 bits per heavy atom. The van der Waals surface area contributed by atoms with E-state index in [1.807, 2.05) is 31.2 Å². The zero-order valence-corrected chi connectivity index (χ0v) is 18.6. The van der Waals surface area contributed by atoms with Crippen LogP contribution >= 0.6 is 11.6 Å². The highest BCUT2D eigenvalue weighted by Crippen LogP contribution is 2.22. The minimum atomic E-state index is -3.43. The lowest BCUT2D eigenvalue weighted by molar-refractivity contribution is -0.126. The number of nitrogens with zero attached hydrogens (tertiary/aromatic N) is 1. The van der Waals surface area contributed by atoms with Crippen LogP contribution in [0, 0.1) is 12.8 Å². The average Bonchev–Trinajstić information content (AvgIpc) is 2.72. The van der Waals surface area contributed by atoms with Crippen molar-refractivity contribution >= 4 is 27.5 Å². The highest BCUT2D eigenvalue weighted by molar-refractivity contribution is 7.88. The maximum Gasteiger partial charge on any atom is 0.223 e. The zero-order chi connectivity index (χ0) is 21.6. The molecule has 1 amide bonds. The number of aryl methyl sites for hydroxylation is 1. The van der Waals surface area contributed by atoms with Crippen LogP contribution in [0.1, 0.15) is 24.0 Å². The average molecular weight is 451 g/mol. The van der Waals surface area contributed by atoms with Crippen molar-refractivity contribution in [1.82, 2.24) is 9.62 Å². The quantitative estimate of drug-likeness (QED) is 0.625. The standard InChI is InChI=1S/C22H27ClN2O4S/c1-17-5-7-21(8-6-17)29-14-11-24-22(26)19-9-12-25(13-10-19)30(27,28)16-18-3-2-4-20(23)15-18/h2-8,15,19H,9-14,16H2,1H3,(H,24,26). The van der Waals surface area contributed by atoms with Crippen LogP contribution in [0.2, 0.25) is 5.02 Å². The second-order valence-electron chi connectivity index (χ2n) is 7.51. The van der Waals surface area contributed by atoms with Gasteiger partial charge < -0.3 is 10.1 Å². The molecule has 1 heterocycles. The summed E-state index contributed by atoms with van der Waals surface area (Å²) in [5.41, 5.74) is 1.83. The van der Waals surface area contributed by atoms with E-state index in [0.717, 1.165) is 11.3 Å². The molecule has 0 bridgehead atoms. The monoisotopic (exact) mass is 450 g/mol. The number of nitrogens with one attached hydrogen (secondary N) is 1. The highest BCUT2D eigenvalue weighted by atomic mass is 35.5. The summed E-state index contributed by atoms with van der Waals surface area (Å²) in [6, 6.07) is 14.6. The molecule has 1 aliphatic rings. The number of halogens is 1. The molecular formula is C22H27ClN2O4S. The number of hydrogen-bond donors (Lipinski definition) is 1. The molecule has 8 heteroatoms. The summed E-state index contributed by atoms with van der Waals surface area (Å²) < 4.78 is 32.4. The highest BCUT2D eigenvalue weighted by Gasteiger charge is 2.31. The number of piperidine rings is 1. The molecule has 1 aliphatic heterocycles. The van der Waals surface area contributed by atoms with E-state index >= 15 is 0 Å². The summed E-state index contributed by atoms with van der Waals surface area (Å²) in [5, 5.41) is 3.41. The predicted molar refractivity (Wildman–Crippen MR) is 118 cm³/mol. The molecule has 162 valence electrons. The van der Waals surface area contributed by atoms with Gasteiger partial charge in [0, 0.05) is 24.0 Å². The van der Waals surface area contributed by atoms with Gasteiger partial charge in [0.25, 0.3) is 0 Å². The van der Waals surface area contributed by atoms with Crippen LogP contribution < -0.4 is 10.1 Å². The zero-order valence-electron chi connectivity index (χ0n) is 17.0. The topological polar surface area (TPSA) is 75.7 Å². The van der Waals surface area contributed by atoms with Crippen molar-refractivity contribution in [3.8, 4) is 5.75 Å². The molecule has 0 saturated carbocycles. The van der Waals surface area contributed by atoms with E-state index in [0.29, 0.717) is 49.7 Å². The van der Waals surface area contributed by atoms with Crippen molar-refractivity contribution < 1.29 is 17.9 Å². The molecule has 3 rings (SSSR count). The van der Waals surface area contributed by atoms with E-state index in [1.165, 1.54) is 4.31 Å². The molecule has 2 aromatic rings. The molecule has 0 radical (unpaired) electrons. The minimum absolute atomic E-state index is 0.0469. The Balaban J connectivity index is 1.40. The fourth-order valence-electron chi connectivity index (χ4n) is 3.45. The third-order valence-electron chi connectivity index (χ3n) is 5.15. The van der Waals surface area contributed by atoms with E-state index < -0.39 is 10.0 Å². The summed E-state index contributed by atoms with van der Waals surface area (Å²) in [5.74, 6) is 0.463. The lowest BCUT2D eigenvalue weighted by Crippen LogP contribution is -2.43. The Labute approximate surface area is 183 Å². The van der Waals surface area contributed by atoms with E-state index in [2.05, 4.69) is 5.32 Å². The molecule has 0 aromatic heterocycles. The first-order chi connectivity index (χ1) is 14.3. The number of ether oxygens (including phenoxy) is 1. The summed E-state index contributed by atoms with van der Waals surface area (Å²) in [6.07, 6.45) is 1.03. The van der Waals surface area contributed by atoms with Crippen molar-refractivity contribution in [3.05, 3.63) is 64.7 Å². The van der Waals surface area contributed by atoms with Gasteiger partial charge in [-0.15, -0.1) is 0 Å². The summed E-state index contributed by atoms with van der Waals surface area (Å²) >= 11 is 5.94. The lowest BCUT2D eigenvalue weighted by Gasteiger charge is -2.30. The summed E-state index contributed by atoms with van der Waals surface area (Å²) in [4.78, 5) is 12.4. The molecule has 30 heavy (non-hydrogen) atoms. The molecule has 1 N–H and O–H groups in total. The fraction of sp³-hybridized carbons (Fsp3) is 0.409. The summed E-state index contributed by atoms with van der Waals surface area (Å²) in [6.45, 7) is 3.52. The first-order valence-electron chi connectivity index (χ1n) is 10.0. The van der Waals surface area contributed by atoms with Gasteiger partial charge in [-0.3, -0.25) is 4.79 Å². The van der Waals surface area contributed by atoms with Crippen molar-refractivity contribution in [3.63, 3.8) is 0 Å². The van der Waals surface area contributed by atoms with Crippen molar-refractivity contribution in [2.24, 2.45) is 5.92 Å². The van der Waals surface area contributed by atoms with Gasteiger partial charge >= 0.3 is 0 Å².